The Hall–Kier alpha value is -2.08. The summed E-state index contributed by atoms with van der Waals surface area (Å²) in [6.45, 7) is 0. The first-order valence-corrected chi connectivity index (χ1v) is 6.48. The highest BCUT2D eigenvalue weighted by atomic mass is 14.2. The third-order valence-electron chi connectivity index (χ3n) is 3.89. The van der Waals surface area contributed by atoms with Crippen LogP contribution in [0.5, 0.6) is 0 Å². The maximum absolute atomic E-state index is 2.36. The van der Waals surface area contributed by atoms with Gasteiger partial charge < -0.3 is 0 Å². The molecule has 0 saturated carbocycles. The molecule has 18 heavy (non-hydrogen) atoms. The van der Waals surface area contributed by atoms with Gasteiger partial charge in [0.1, 0.15) is 0 Å². The summed E-state index contributed by atoms with van der Waals surface area (Å²) in [5, 5.41) is 0. The van der Waals surface area contributed by atoms with Gasteiger partial charge in [-0.3, -0.25) is 0 Å². The average Bonchev–Trinajstić information content (AvgIpc) is 3.01. The minimum absolute atomic E-state index is 1.07. The summed E-state index contributed by atoms with van der Waals surface area (Å²) in [5.41, 5.74) is 8.56. The molecule has 0 spiro atoms. The average molecular weight is 230 g/mol. The highest BCUT2D eigenvalue weighted by Crippen LogP contribution is 2.34. The number of allylic oxidation sites excluding steroid dienone is 2. The second kappa shape index (κ2) is 3.71. The lowest BCUT2D eigenvalue weighted by Crippen LogP contribution is -1.89. The minimum Gasteiger partial charge on any atom is -0.0795 e. The number of fused-ring (bicyclic) bond motifs is 2. The van der Waals surface area contributed by atoms with E-state index in [2.05, 4.69) is 60.7 Å². The molecule has 86 valence electrons. The van der Waals surface area contributed by atoms with E-state index >= 15 is 0 Å². The predicted molar refractivity (Wildman–Crippen MR) is 77.2 cm³/mol. The molecule has 0 aromatic heterocycles. The van der Waals surface area contributed by atoms with Crippen molar-refractivity contribution in [2.45, 2.75) is 12.8 Å². The fourth-order valence-electron chi connectivity index (χ4n) is 2.94. The van der Waals surface area contributed by atoms with Crippen LogP contribution in [0.25, 0.3) is 17.7 Å². The first-order valence-electron chi connectivity index (χ1n) is 6.48. The maximum Gasteiger partial charge on any atom is -0.00135 e. The lowest BCUT2D eigenvalue weighted by atomic mass is 10.0. The van der Waals surface area contributed by atoms with E-state index in [0.717, 1.165) is 12.8 Å². The van der Waals surface area contributed by atoms with Crippen molar-refractivity contribution in [2.24, 2.45) is 0 Å². The van der Waals surface area contributed by atoms with Gasteiger partial charge in [0.15, 0.2) is 0 Å². The van der Waals surface area contributed by atoms with Crippen molar-refractivity contribution < 1.29 is 0 Å². The zero-order valence-corrected chi connectivity index (χ0v) is 10.2. The molecule has 2 aromatic carbocycles. The molecule has 4 rings (SSSR count). The van der Waals surface area contributed by atoms with Gasteiger partial charge in [-0.1, -0.05) is 60.7 Å². The number of hydrogen-bond acceptors (Lipinski definition) is 0. The Kier molecular flexibility index (Phi) is 2.04. The van der Waals surface area contributed by atoms with Crippen molar-refractivity contribution in [3.63, 3.8) is 0 Å². The van der Waals surface area contributed by atoms with Gasteiger partial charge in [-0.15, -0.1) is 0 Å². The third-order valence-corrected chi connectivity index (χ3v) is 3.89. The quantitative estimate of drug-likeness (QED) is 0.683. The van der Waals surface area contributed by atoms with Crippen LogP contribution in [0.2, 0.25) is 0 Å². The molecule has 0 radical (unpaired) electrons. The van der Waals surface area contributed by atoms with E-state index < -0.39 is 0 Å². The standard InChI is InChI=1S/C18H14/c1-2-5-13(6-3-1)16-11-17-9-14-7-4-8-15(14)10-18(17)12-16/h1-7,9-10,12H,8,11H2. The lowest BCUT2D eigenvalue weighted by molar-refractivity contribution is 1.26. The van der Waals surface area contributed by atoms with Crippen molar-refractivity contribution in [3.8, 4) is 0 Å². The van der Waals surface area contributed by atoms with Crippen LogP contribution in [0.1, 0.15) is 27.8 Å². The van der Waals surface area contributed by atoms with Gasteiger partial charge in [-0.2, -0.15) is 0 Å². The van der Waals surface area contributed by atoms with E-state index in [4.69, 9.17) is 0 Å². The van der Waals surface area contributed by atoms with Gasteiger partial charge in [-0.25, -0.2) is 0 Å². The summed E-state index contributed by atoms with van der Waals surface area (Å²) in [5.74, 6) is 0. The van der Waals surface area contributed by atoms with Gasteiger partial charge in [0.25, 0.3) is 0 Å². The lowest BCUT2D eigenvalue weighted by Gasteiger charge is -2.04. The van der Waals surface area contributed by atoms with Crippen LogP contribution in [0.4, 0.5) is 0 Å². The molecule has 0 bridgehead atoms. The number of rotatable bonds is 1. The molecule has 0 nitrogen and oxygen atoms in total. The van der Waals surface area contributed by atoms with Crippen LogP contribution in [-0.4, -0.2) is 0 Å². The minimum atomic E-state index is 1.07. The van der Waals surface area contributed by atoms with E-state index in [1.807, 2.05) is 0 Å². The van der Waals surface area contributed by atoms with Crippen molar-refractivity contribution in [2.75, 3.05) is 0 Å². The second-order valence-electron chi connectivity index (χ2n) is 5.07. The van der Waals surface area contributed by atoms with E-state index in [9.17, 15) is 0 Å². The monoisotopic (exact) mass is 230 g/mol. The van der Waals surface area contributed by atoms with E-state index in [1.165, 1.54) is 33.4 Å². The fraction of sp³-hybridized carbons (Fsp3) is 0.111. The molecule has 0 fully saturated rings. The van der Waals surface area contributed by atoms with Crippen molar-refractivity contribution in [1.82, 2.24) is 0 Å². The van der Waals surface area contributed by atoms with E-state index in [0.29, 0.717) is 0 Å². The van der Waals surface area contributed by atoms with Crippen LogP contribution in [0.3, 0.4) is 0 Å². The molecule has 0 unspecified atom stereocenters. The predicted octanol–water partition coefficient (Wildman–Crippen LogP) is 4.35. The summed E-state index contributed by atoms with van der Waals surface area (Å²) in [6.07, 6.45) is 9.01. The Morgan fingerprint density at radius 2 is 1.67 bits per heavy atom. The summed E-state index contributed by atoms with van der Waals surface area (Å²) in [7, 11) is 0. The Morgan fingerprint density at radius 1 is 0.833 bits per heavy atom. The summed E-state index contributed by atoms with van der Waals surface area (Å²) in [6, 6.07) is 15.4. The van der Waals surface area contributed by atoms with Crippen LogP contribution in [0, 0.1) is 0 Å². The molecule has 0 heterocycles. The van der Waals surface area contributed by atoms with E-state index in [1.54, 1.807) is 0 Å². The normalized spacial score (nSPS) is 15.4. The van der Waals surface area contributed by atoms with Gasteiger partial charge in [0.2, 0.25) is 0 Å². The molecular weight excluding hydrogens is 216 g/mol. The van der Waals surface area contributed by atoms with Gasteiger partial charge in [0.05, 0.1) is 0 Å². The smallest absolute Gasteiger partial charge is 0.00135 e. The highest BCUT2D eigenvalue weighted by Gasteiger charge is 2.17. The van der Waals surface area contributed by atoms with Gasteiger partial charge in [-0.05, 0) is 46.2 Å². The number of hydrogen-bond donors (Lipinski definition) is 0. The van der Waals surface area contributed by atoms with Gasteiger partial charge >= 0.3 is 0 Å². The summed E-state index contributed by atoms with van der Waals surface area (Å²) < 4.78 is 0. The molecule has 2 aliphatic carbocycles. The van der Waals surface area contributed by atoms with Crippen molar-refractivity contribution >= 4 is 17.7 Å². The fourth-order valence-corrected chi connectivity index (χ4v) is 2.94. The Labute approximate surface area is 107 Å². The van der Waals surface area contributed by atoms with Crippen LogP contribution < -0.4 is 0 Å². The van der Waals surface area contributed by atoms with Gasteiger partial charge in [0, 0.05) is 0 Å². The van der Waals surface area contributed by atoms with Crippen LogP contribution >= 0.6 is 0 Å². The first kappa shape index (κ1) is 9.90. The number of benzene rings is 2. The molecule has 2 aliphatic rings. The Bertz CT molecular complexity index is 673. The van der Waals surface area contributed by atoms with Crippen molar-refractivity contribution in [1.29, 1.82) is 0 Å². The molecule has 0 amide bonds. The van der Waals surface area contributed by atoms with Crippen LogP contribution in [0.15, 0.2) is 48.5 Å². The van der Waals surface area contributed by atoms with E-state index in [-0.39, 0.29) is 0 Å². The molecule has 0 saturated heterocycles. The second-order valence-corrected chi connectivity index (χ2v) is 5.07. The molecule has 0 heteroatoms. The Balaban J connectivity index is 1.77. The SMILES string of the molecule is C1=Cc2cc3c(cc2C1)C=C(c1ccccc1)C3. The van der Waals surface area contributed by atoms with Crippen LogP contribution in [-0.2, 0) is 12.8 Å². The van der Waals surface area contributed by atoms with Crippen molar-refractivity contribution in [3.05, 3.63) is 76.4 Å². The molecular formula is C18H14. The zero-order valence-electron chi connectivity index (χ0n) is 10.2. The molecule has 0 N–H and O–H groups in total. The third kappa shape index (κ3) is 1.46. The molecule has 2 aromatic rings. The maximum atomic E-state index is 2.36. The summed E-state index contributed by atoms with van der Waals surface area (Å²) in [4.78, 5) is 0. The summed E-state index contributed by atoms with van der Waals surface area (Å²) >= 11 is 0. The molecule has 0 atom stereocenters. The first-order chi connectivity index (χ1) is 8.90. The molecule has 0 aliphatic heterocycles. The zero-order chi connectivity index (χ0) is 11.9. The largest absolute Gasteiger partial charge is 0.0795 e. The highest BCUT2D eigenvalue weighted by molar-refractivity contribution is 5.89. The topological polar surface area (TPSA) is 0 Å². The Morgan fingerprint density at radius 3 is 2.56 bits per heavy atom.